The number of carbonyl (C=O) groups excluding carboxylic acids is 1. The number of hydrazone groups is 1. The lowest BCUT2D eigenvalue weighted by atomic mass is 10.0. The maximum Gasteiger partial charge on any atom is 0.272 e. The molecule has 2 N–H and O–H groups in total. The highest BCUT2D eigenvalue weighted by Crippen LogP contribution is 2.26. The van der Waals surface area contributed by atoms with Crippen LogP contribution in [0.1, 0.15) is 21.5 Å². The lowest BCUT2D eigenvalue weighted by Gasteiger charge is -2.10. The summed E-state index contributed by atoms with van der Waals surface area (Å²) in [5, 5.41) is 14.3. The van der Waals surface area contributed by atoms with Crippen LogP contribution in [0.3, 0.4) is 0 Å². The predicted molar refractivity (Wildman–Crippen MR) is 123 cm³/mol. The number of aromatic nitrogens is 1. The van der Waals surface area contributed by atoms with Crippen LogP contribution in [0.15, 0.2) is 82.4 Å². The number of fused-ring (bicyclic) bond motifs is 1. The van der Waals surface area contributed by atoms with E-state index in [9.17, 15) is 9.90 Å². The van der Waals surface area contributed by atoms with Crippen LogP contribution in [0.25, 0.3) is 22.2 Å². The molecule has 0 fully saturated rings. The average Bonchev–Trinajstić information content (AvgIpc) is 2.73. The number of carbonyl (C=O) groups is 1. The van der Waals surface area contributed by atoms with Crippen molar-refractivity contribution in [2.24, 2.45) is 5.10 Å². The molecule has 1 amide bonds. The van der Waals surface area contributed by atoms with Crippen LogP contribution in [0, 0.1) is 6.92 Å². The van der Waals surface area contributed by atoms with E-state index in [1.165, 1.54) is 6.21 Å². The van der Waals surface area contributed by atoms with Gasteiger partial charge in [-0.2, -0.15) is 5.10 Å². The van der Waals surface area contributed by atoms with Crippen molar-refractivity contribution >= 4 is 39.0 Å². The van der Waals surface area contributed by atoms with Crippen LogP contribution >= 0.6 is 15.9 Å². The molecule has 5 nitrogen and oxygen atoms in total. The summed E-state index contributed by atoms with van der Waals surface area (Å²) in [5.41, 5.74) is 7.16. The number of nitrogens with one attached hydrogen (secondary N) is 1. The standard InChI is InChI=1S/C24H18BrN3O2/c1-15-5-10-22-20(11-15)21(13-23(27-22)17-6-8-18(25)9-7-17)24(30)28-26-14-16-3-2-4-19(29)12-16/h2-14,29H,1H3,(H,28,30). The van der Waals surface area contributed by atoms with E-state index in [2.05, 4.69) is 26.5 Å². The fourth-order valence-corrected chi connectivity index (χ4v) is 3.39. The Hall–Kier alpha value is -3.51. The highest BCUT2D eigenvalue weighted by Gasteiger charge is 2.14. The van der Waals surface area contributed by atoms with E-state index in [-0.39, 0.29) is 11.7 Å². The van der Waals surface area contributed by atoms with E-state index >= 15 is 0 Å². The fourth-order valence-electron chi connectivity index (χ4n) is 3.13. The highest BCUT2D eigenvalue weighted by molar-refractivity contribution is 9.10. The van der Waals surface area contributed by atoms with Gasteiger partial charge in [-0.3, -0.25) is 4.79 Å². The molecule has 0 radical (unpaired) electrons. The van der Waals surface area contributed by atoms with Gasteiger partial charge in [0.2, 0.25) is 0 Å². The largest absolute Gasteiger partial charge is 0.508 e. The van der Waals surface area contributed by atoms with Gasteiger partial charge in [0.1, 0.15) is 5.75 Å². The Morgan fingerprint density at radius 1 is 1.07 bits per heavy atom. The van der Waals surface area contributed by atoms with Crippen molar-refractivity contribution in [3.05, 3.63) is 94.0 Å². The molecule has 148 valence electrons. The van der Waals surface area contributed by atoms with E-state index in [1.807, 2.05) is 49.4 Å². The van der Waals surface area contributed by atoms with Crippen molar-refractivity contribution < 1.29 is 9.90 Å². The van der Waals surface area contributed by atoms with Gasteiger partial charge >= 0.3 is 0 Å². The molecule has 3 aromatic carbocycles. The summed E-state index contributed by atoms with van der Waals surface area (Å²) in [7, 11) is 0. The van der Waals surface area contributed by atoms with Crippen LogP contribution in [0.4, 0.5) is 0 Å². The van der Waals surface area contributed by atoms with E-state index in [4.69, 9.17) is 4.98 Å². The van der Waals surface area contributed by atoms with Crippen molar-refractivity contribution in [3.63, 3.8) is 0 Å². The summed E-state index contributed by atoms with van der Waals surface area (Å²) in [6, 6.07) is 22.0. The first-order valence-corrected chi connectivity index (χ1v) is 10.1. The number of amides is 1. The molecule has 6 heteroatoms. The number of hydrogen-bond acceptors (Lipinski definition) is 4. The average molecular weight is 460 g/mol. The quantitative estimate of drug-likeness (QED) is 0.315. The van der Waals surface area contributed by atoms with Gasteiger partial charge in [-0.25, -0.2) is 10.4 Å². The van der Waals surface area contributed by atoms with Gasteiger partial charge in [0, 0.05) is 15.4 Å². The van der Waals surface area contributed by atoms with Gasteiger partial charge in [0.05, 0.1) is 23.0 Å². The Kier molecular flexibility index (Phi) is 5.59. The first-order valence-electron chi connectivity index (χ1n) is 9.29. The first-order chi connectivity index (χ1) is 14.5. The Bertz CT molecular complexity index is 1270. The molecule has 4 aromatic rings. The van der Waals surface area contributed by atoms with Gasteiger partial charge in [0.25, 0.3) is 5.91 Å². The summed E-state index contributed by atoms with van der Waals surface area (Å²) in [6.45, 7) is 1.98. The molecule has 0 aliphatic carbocycles. The predicted octanol–water partition coefficient (Wildman–Crippen LogP) is 5.44. The summed E-state index contributed by atoms with van der Waals surface area (Å²) in [4.78, 5) is 17.7. The molecule has 4 rings (SSSR count). The second-order valence-corrected chi connectivity index (χ2v) is 7.79. The number of aromatic hydroxyl groups is 1. The van der Waals surface area contributed by atoms with Crippen molar-refractivity contribution in [1.29, 1.82) is 0 Å². The van der Waals surface area contributed by atoms with E-state index in [0.717, 1.165) is 26.5 Å². The third-order valence-electron chi connectivity index (χ3n) is 4.60. The molecule has 0 unspecified atom stereocenters. The maximum absolute atomic E-state index is 13.0. The number of phenols is 1. The smallest absolute Gasteiger partial charge is 0.272 e. The Balaban J connectivity index is 1.71. The van der Waals surface area contributed by atoms with Gasteiger partial charge < -0.3 is 5.11 Å². The zero-order chi connectivity index (χ0) is 21.1. The van der Waals surface area contributed by atoms with Crippen LogP contribution < -0.4 is 5.43 Å². The lowest BCUT2D eigenvalue weighted by molar-refractivity contribution is 0.0956. The molecule has 30 heavy (non-hydrogen) atoms. The number of pyridine rings is 1. The van der Waals surface area contributed by atoms with Gasteiger partial charge in [-0.05, 0) is 55.0 Å². The molecule has 0 aliphatic heterocycles. The van der Waals surface area contributed by atoms with Crippen LogP contribution in [-0.2, 0) is 0 Å². The number of hydrogen-bond donors (Lipinski definition) is 2. The molecule has 0 bridgehead atoms. The summed E-state index contributed by atoms with van der Waals surface area (Å²) in [5.74, 6) is -0.192. The number of nitrogens with zero attached hydrogens (tertiary/aromatic N) is 2. The Morgan fingerprint density at radius 2 is 1.87 bits per heavy atom. The number of rotatable bonds is 4. The van der Waals surface area contributed by atoms with Crippen molar-refractivity contribution in [1.82, 2.24) is 10.4 Å². The van der Waals surface area contributed by atoms with E-state index in [0.29, 0.717) is 16.8 Å². The van der Waals surface area contributed by atoms with E-state index < -0.39 is 0 Å². The zero-order valence-electron chi connectivity index (χ0n) is 16.1. The summed E-state index contributed by atoms with van der Waals surface area (Å²) < 4.78 is 0.974. The van der Waals surface area contributed by atoms with Gasteiger partial charge in [0.15, 0.2) is 0 Å². The SMILES string of the molecule is Cc1ccc2nc(-c3ccc(Br)cc3)cc(C(=O)NN=Cc3cccc(O)c3)c2c1. The molecular weight excluding hydrogens is 442 g/mol. The van der Waals surface area contributed by atoms with Gasteiger partial charge in [-0.1, -0.05) is 51.8 Å². The Labute approximate surface area is 182 Å². The van der Waals surface area contributed by atoms with Crippen LogP contribution in [0.5, 0.6) is 5.75 Å². The third kappa shape index (κ3) is 4.39. The first kappa shape index (κ1) is 19.8. The number of benzene rings is 3. The monoisotopic (exact) mass is 459 g/mol. The normalized spacial score (nSPS) is 11.1. The number of halogens is 1. The minimum absolute atomic E-state index is 0.139. The van der Waals surface area contributed by atoms with Crippen molar-refractivity contribution in [2.75, 3.05) is 0 Å². The molecule has 1 aromatic heterocycles. The van der Waals surface area contributed by atoms with Crippen LogP contribution in [-0.4, -0.2) is 22.2 Å². The molecule has 0 aliphatic rings. The second kappa shape index (κ2) is 8.47. The highest BCUT2D eigenvalue weighted by atomic mass is 79.9. The molecule has 0 saturated carbocycles. The summed E-state index contributed by atoms with van der Waals surface area (Å²) >= 11 is 3.44. The topological polar surface area (TPSA) is 74.6 Å². The molecule has 0 spiro atoms. The third-order valence-corrected chi connectivity index (χ3v) is 5.13. The molecule has 1 heterocycles. The van der Waals surface area contributed by atoms with E-state index in [1.54, 1.807) is 30.3 Å². The minimum atomic E-state index is -0.331. The van der Waals surface area contributed by atoms with Gasteiger partial charge in [-0.15, -0.1) is 0 Å². The van der Waals surface area contributed by atoms with Crippen LogP contribution in [0.2, 0.25) is 0 Å². The minimum Gasteiger partial charge on any atom is -0.508 e. The summed E-state index contributed by atoms with van der Waals surface area (Å²) in [6.07, 6.45) is 1.49. The molecule has 0 atom stereocenters. The molecule has 0 saturated heterocycles. The fraction of sp³-hybridized carbons (Fsp3) is 0.0417. The number of aryl methyl sites for hydroxylation is 1. The van der Waals surface area contributed by atoms with Crippen molar-refractivity contribution in [3.8, 4) is 17.0 Å². The Morgan fingerprint density at radius 3 is 2.63 bits per heavy atom. The molecular formula is C24H18BrN3O2. The number of phenolic OH excluding ortho intramolecular Hbond substituents is 1. The maximum atomic E-state index is 13.0. The second-order valence-electron chi connectivity index (χ2n) is 6.88. The van der Waals surface area contributed by atoms with Crippen molar-refractivity contribution in [2.45, 2.75) is 6.92 Å². The lowest BCUT2D eigenvalue weighted by Crippen LogP contribution is -2.18. The zero-order valence-corrected chi connectivity index (χ0v) is 17.7.